The topological polar surface area (TPSA) is 38.7 Å². The number of halogens is 1. The fourth-order valence-electron chi connectivity index (χ4n) is 1.79. The first kappa shape index (κ1) is 9.89. The van der Waals surface area contributed by atoms with Gasteiger partial charge in [-0.3, -0.25) is 0 Å². The van der Waals surface area contributed by atoms with Crippen molar-refractivity contribution in [3.05, 3.63) is 9.66 Å². The van der Waals surface area contributed by atoms with Crippen LogP contribution in [-0.4, -0.2) is 29.2 Å². The molecule has 3 atom stereocenters. The Hall–Kier alpha value is 0.350. The summed E-state index contributed by atoms with van der Waals surface area (Å²) in [4.78, 5) is 0. The number of fused-ring (bicyclic) bond motifs is 1. The van der Waals surface area contributed by atoms with E-state index in [4.69, 9.17) is 9.47 Å². The van der Waals surface area contributed by atoms with E-state index >= 15 is 0 Å². The standard InChI is InChI=1S/C9H13IO3/c1-9(2)12-7-3-5(10)6(11)4-8(7)13-9/h3,6-8,11H,4H2,1-2H3/t6-,7+,8-/m1/s1. The van der Waals surface area contributed by atoms with Gasteiger partial charge in [-0.2, -0.15) is 0 Å². The van der Waals surface area contributed by atoms with Gasteiger partial charge in [0, 0.05) is 10.0 Å². The lowest BCUT2D eigenvalue weighted by Gasteiger charge is -2.23. The molecule has 0 unspecified atom stereocenters. The molecule has 2 aliphatic rings. The fraction of sp³-hybridized carbons (Fsp3) is 0.778. The van der Waals surface area contributed by atoms with Gasteiger partial charge < -0.3 is 14.6 Å². The van der Waals surface area contributed by atoms with Gasteiger partial charge in [-0.15, -0.1) is 0 Å². The minimum Gasteiger partial charge on any atom is -0.388 e. The average Bonchev–Trinajstić information content (AvgIpc) is 2.24. The molecule has 1 saturated heterocycles. The van der Waals surface area contributed by atoms with E-state index in [9.17, 15) is 5.11 Å². The van der Waals surface area contributed by atoms with E-state index in [2.05, 4.69) is 22.6 Å². The van der Waals surface area contributed by atoms with Gasteiger partial charge >= 0.3 is 0 Å². The SMILES string of the molecule is CC1(C)O[C@H]2C=C(I)[C@H](O)C[C@H]2O1. The van der Waals surface area contributed by atoms with Crippen molar-refractivity contribution in [3.8, 4) is 0 Å². The van der Waals surface area contributed by atoms with Crippen molar-refractivity contribution in [1.29, 1.82) is 0 Å². The number of ether oxygens (including phenoxy) is 2. The first-order chi connectivity index (χ1) is 5.98. The van der Waals surface area contributed by atoms with E-state index in [1.54, 1.807) is 0 Å². The highest BCUT2D eigenvalue weighted by atomic mass is 127. The Labute approximate surface area is 91.2 Å². The van der Waals surface area contributed by atoms with E-state index < -0.39 is 5.79 Å². The van der Waals surface area contributed by atoms with Crippen molar-refractivity contribution in [2.45, 2.75) is 44.4 Å². The quantitative estimate of drug-likeness (QED) is 0.690. The highest BCUT2D eigenvalue weighted by Crippen LogP contribution is 2.37. The molecule has 2 rings (SSSR count). The van der Waals surface area contributed by atoms with Gasteiger partial charge in [0.15, 0.2) is 5.79 Å². The fourth-order valence-corrected chi connectivity index (χ4v) is 2.40. The summed E-state index contributed by atoms with van der Waals surface area (Å²) in [5.41, 5.74) is 0. The van der Waals surface area contributed by atoms with Crippen LogP contribution in [0.1, 0.15) is 20.3 Å². The summed E-state index contributed by atoms with van der Waals surface area (Å²) in [6, 6.07) is 0. The zero-order chi connectivity index (χ0) is 9.64. The minimum absolute atomic E-state index is 0.0171. The summed E-state index contributed by atoms with van der Waals surface area (Å²) in [6.45, 7) is 3.80. The van der Waals surface area contributed by atoms with Crippen LogP contribution in [0.3, 0.4) is 0 Å². The smallest absolute Gasteiger partial charge is 0.164 e. The van der Waals surface area contributed by atoms with Crippen molar-refractivity contribution < 1.29 is 14.6 Å². The molecule has 0 aromatic rings. The number of hydrogen-bond donors (Lipinski definition) is 1. The third kappa shape index (κ3) is 1.91. The van der Waals surface area contributed by atoms with Crippen molar-refractivity contribution in [1.82, 2.24) is 0 Å². The molecule has 0 spiro atoms. The molecule has 1 aliphatic heterocycles. The van der Waals surface area contributed by atoms with E-state index in [1.807, 2.05) is 19.9 Å². The highest BCUT2D eigenvalue weighted by Gasteiger charge is 2.43. The third-order valence-corrected chi connectivity index (χ3v) is 3.40. The van der Waals surface area contributed by atoms with E-state index in [0.717, 1.165) is 3.58 Å². The first-order valence-corrected chi connectivity index (χ1v) is 5.47. The van der Waals surface area contributed by atoms with E-state index in [1.165, 1.54) is 0 Å². The largest absolute Gasteiger partial charge is 0.388 e. The Morgan fingerprint density at radius 3 is 2.92 bits per heavy atom. The maximum atomic E-state index is 9.58. The first-order valence-electron chi connectivity index (χ1n) is 4.39. The van der Waals surface area contributed by atoms with Crippen molar-refractivity contribution in [3.63, 3.8) is 0 Å². The van der Waals surface area contributed by atoms with Crippen molar-refractivity contribution in [2.24, 2.45) is 0 Å². The van der Waals surface area contributed by atoms with Crippen LogP contribution in [0.4, 0.5) is 0 Å². The molecule has 1 N–H and O–H groups in total. The van der Waals surface area contributed by atoms with Crippen molar-refractivity contribution in [2.75, 3.05) is 0 Å². The molecule has 1 aliphatic carbocycles. The van der Waals surface area contributed by atoms with Crippen LogP contribution in [0.25, 0.3) is 0 Å². The molecule has 0 saturated carbocycles. The Morgan fingerprint density at radius 1 is 1.54 bits per heavy atom. The predicted molar refractivity (Wildman–Crippen MR) is 56.6 cm³/mol. The van der Waals surface area contributed by atoms with Gasteiger partial charge in [0.25, 0.3) is 0 Å². The summed E-state index contributed by atoms with van der Waals surface area (Å²) in [5, 5.41) is 9.58. The molecular formula is C9H13IO3. The molecule has 0 amide bonds. The number of hydrogen-bond acceptors (Lipinski definition) is 3. The summed E-state index contributed by atoms with van der Waals surface area (Å²) < 4.78 is 12.3. The van der Waals surface area contributed by atoms with Crippen LogP contribution < -0.4 is 0 Å². The second kappa shape index (κ2) is 3.18. The Morgan fingerprint density at radius 2 is 2.23 bits per heavy atom. The normalized spacial score (nSPS) is 42.8. The van der Waals surface area contributed by atoms with Crippen LogP contribution in [0.15, 0.2) is 9.66 Å². The molecule has 1 heterocycles. The minimum atomic E-state index is -0.507. The zero-order valence-electron chi connectivity index (χ0n) is 7.66. The summed E-state index contributed by atoms with van der Waals surface area (Å²) in [5.74, 6) is -0.507. The Kier molecular flexibility index (Phi) is 2.42. The van der Waals surface area contributed by atoms with Crippen LogP contribution >= 0.6 is 22.6 Å². The van der Waals surface area contributed by atoms with E-state index in [0.29, 0.717) is 6.42 Å². The summed E-state index contributed by atoms with van der Waals surface area (Å²) in [7, 11) is 0. The third-order valence-electron chi connectivity index (χ3n) is 2.32. The van der Waals surface area contributed by atoms with Gasteiger partial charge in [-0.25, -0.2) is 0 Å². The van der Waals surface area contributed by atoms with Crippen LogP contribution in [0.5, 0.6) is 0 Å². The maximum absolute atomic E-state index is 9.58. The highest BCUT2D eigenvalue weighted by molar-refractivity contribution is 14.1. The molecule has 1 fully saturated rings. The second-order valence-corrected chi connectivity index (χ2v) is 5.19. The van der Waals surface area contributed by atoms with Crippen LogP contribution in [0.2, 0.25) is 0 Å². The lowest BCUT2D eigenvalue weighted by Crippen LogP contribution is -2.31. The van der Waals surface area contributed by atoms with Gasteiger partial charge in [0.2, 0.25) is 0 Å². The molecule has 74 valence electrons. The number of aliphatic hydroxyl groups excluding tert-OH is 1. The second-order valence-electron chi connectivity index (χ2n) is 3.94. The van der Waals surface area contributed by atoms with Gasteiger partial charge in [-0.05, 0) is 42.5 Å². The lowest BCUT2D eigenvalue weighted by molar-refractivity contribution is -0.144. The molecule has 0 bridgehead atoms. The summed E-state index contributed by atoms with van der Waals surface area (Å²) >= 11 is 2.15. The molecule has 0 aromatic carbocycles. The van der Waals surface area contributed by atoms with Gasteiger partial charge in [0.05, 0.1) is 12.2 Å². The molecule has 13 heavy (non-hydrogen) atoms. The molecule has 0 radical (unpaired) electrons. The van der Waals surface area contributed by atoms with Gasteiger partial charge in [-0.1, -0.05) is 0 Å². The molecule has 3 nitrogen and oxygen atoms in total. The predicted octanol–water partition coefficient (Wildman–Crippen LogP) is 1.59. The van der Waals surface area contributed by atoms with Crippen LogP contribution in [-0.2, 0) is 9.47 Å². The monoisotopic (exact) mass is 296 g/mol. The Balaban J connectivity index is 2.17. The van der Waals surface area contributed by atoms with Gasteiger partial charge in [0.1, 0.15) is 6.10 Å². The zero-order valence-corrected chi connectivity index (χ0v) is 9.82. The average molecular weight is 296 g/mol. The lowest BCUT2D eigenvalue weighted by atomic mass is 10.00. The van der Waals surface area contributed by atoms with Crippen molar-refractivity contribution >= 4 is 22.6 Å². The van der Waals surface area contributed by atoms with E-state index in [-0.39, 0.29) is 18.3 Å². The maximum Gasteiger partial charge on any atom is 0.164 e. The molecular weight excluding hydrogens is 283 g/mol. The number of aliphatic hydroxyl groups is 1. The summed E-state index contributed by atoms with van der Waals surface area (Å²) in [6.07, 6.45) is 2.25. The molecule has 4 heteroatoms. The Bertz CT molecular complexity index is 249. The van der Waals surface area contributed by atoms with Crippen LogP contribution in [0, 0.1) is 0 Å². The number of rotatable bonds is 0. The molecule has 0 aromatic heterocycles.